The van der Waals surface area contributed by atoms with Crippen LogP contribution in [0.15, 0.2) is 84.0 Å². The molecule has 6 rings (SSSR count). The number of nitrogens with zero attached hydrogens (tertiary/aromatic N) is 3. The third-order valence-corrected chi connectivity index (χ3v) is 6.78. The molecule has 1 saturated heterocycles. The lowest BCUT2D eigenvalue weighted by Crippen LogP contribution is -2.61. The molecule has 0 spiro atoms. The van der Waals surface area contributed by atoms with Crippen molar-refractivity contribution in [3.63, 3.8) is 0 Å². The molecule has 34 heavy (non-hydrogen) atoms. The highest BCUT2D eigenvalue weighted by molar-refractivity contribution is 5.98. The van der Waals surface area contributed by atoms with E-state index in [4.69, 9.17) is 0 Å². The molecular weight excluding hydrogens is 424 g/mol. The highest BCUT2D eigenvalue weighted by Gasteiger charge is 2.48. The summed E-state index contributed by atoms with van der Waals surface area (Å²) in [6.45, 7) is 1.95. The summed E-state index contributed by atoms with van der Waals surface area (Å²) in [4.78, 5) is 32.4. The summed E-state index contributed by atoms with van der Waals surface area (Å²) in [6, 6.07) is 25.0. The van der Waals surface area contributed by atoms with Crippen LogP contribution in [-0.2, 0) is 16.0 Å². The third-order valence-electron chi connectivity index (χ3n) is 6.78. The second-order valence-corrected chi connectivity index (χ2v) is 8.95. The van der Waals surface area contributed by atoms with Crippen molar-refractivity contribution in [2.45, 2.75) is 25.4 Å². The van der Waals surface area contributed by atoms with Crippen LogP contribution in [0.5, 0.6) is 0 Å². The average Bonchev–Trinajstić information content (AvgIpc) is 3.24. The standard InChI is InChI=1S/C28H24N4O2/c1-18-11-13-19(14-12-18)16-29-31-17-25(33)32-24(28(31)34)15-22-21-9-5-6-10-23(21)30-26(22)27(32)20-7-3-2-4-8-20/h2-14,16,24,27,30H,15,17H2,1H3. The van der Waals surface area contributed by atoms with Gasteiger partial charge in [-0.3, -0.25) is 9.59 Å². The molecule has 1 N–H and O–H groups in total. The maximum atomic E-state index is 13.6. The van der Waals surface area contributed by atoms with E-state index in [1.54, 1.807) is 11.1 Å². The molecule has 2 aliphatic rings. The van der Waals surface area contributed by atoms with Crippen LogP contribution in [0.1, 0.15) is 34.0 Å². The number of para-hydroxylation sites is 1. The lowest BCUT2D eigenvalue weighted by atomic mass is 9.86. The van der Waals surface area contributed by atoms with Gasteiger partial charge in [0, 0.05) is 23.0 Å². The van der Waals surface area contributed by atoms with Gasteiger partial charge in [-0.1, -0.05) is 78.4 Å². The molecule has 0 radical (unpaired) electrons. The van der Waals surface area contributed by atoms with Gasteiger partial charge >= 0.3 is 0 Å². The topological polar surface area (TPSA) is 68.8 Å². The fourth-order valence-corrected chi connectivity index (χ4v) is 5.12. The zero-order valence-electron chi connectivity index (χ0n) is 18.8. The van der Waals surface area contributed by atoms with Gasteiger partial charge in [0.15, 0.2) is 0 Å². The number of fused-ring (bicyclic) bond motifs is 4. The van der Waals surface area contributed by atoms with E-state index in [9.17, 15) is 9.59 Å². The van der Waals surface area contributed by atoms with Crippen molar-refractivity contribution in [1.29, 1.82) is 0 Å². The normalized spacial score (nSPS) is 20.1. The third kappa shape index (κ3) is 3.30. The highest BCUT2D eigenvalue weighted by Crippen LogP contribution is 2.42. The van der Waals surface area contributed by atoms with Crippen LogP contribution in [0.2, 0.25) is 0 Å². The Labute approximate surface area is 197 Å². The van der Waals surface area contributed by atoms with Gasteiger partial charge in [-0.2, -0.15) is 5.10 Å². The predicted octanol–water partition coefficient (Wildman–Crippen LogP) is 4.20. The summed E-state index contributed by atoms with van der Waals surface area (Å²) >= 11 is 0. The molecule has 0 bridgehead atoms. The zero-order chi connectivity index (χ0) is 23.2. The van der Waals surface area contributed by atoms with Gasteiger partial charge in [0.25, 0.3) is 5.91 Å². The SMILES string of the molecule is Cc1ccc(C=NN2CC(=O)N3C(Cc4c([nH]c5ccccc45)C3c3ccccc3)C2=O)cc1. The fourth-order valence-electron chi connectivity index (χ4n) is 5.12. The van der Waals surface area contributed by atoms with E-state index >= 15 is 0 Å². The van der Waals surface area contributed by atoms with Crippen LogP contribution < -0.4 is 0 Å². The number of hydrogen-bond donors (Lipinski definition) is 1. The first-order chi connectivity index (χ1) is 16.6. The Hall–Kier alpha value is -4.19. The van der Waals surface area contributed by atoms with Crippen LogP contribution in [0, 0.1) is 6.92 Å². The maximum absolute atomic E-state index is 13.6. The lowest BCUT2D eigenvalue weighted by Gasteiger charge is -2.45. The average molecular weight is 449 g/mol. The summed E-state index contributed by atoms with van der Waals surface area (Å²) in [6.07, 6.45) is 2.11. The van der Waals surface area contributed by atoms with Crippen molar-refractivity contribution >= 4 is 28.9 Å². The van der Waals surface area contributed by atoms with Gasteiger partial charge in [-0.05, 0) is 29.7 Å². The number of carbonyl (C=O) groups is 2. The van der Waals surface area contributed by atoms with E-state index < -0.39 is 6.04 Å². The first kappa shape index (κ1) is 20.4. The molecule has 1 fully saturated rings. The van der Waals surface area contributed by atoms with Crippen molar-refractivity contribution < 1.29 is 9.59 Å². The van der Waals surface area contributed by atoms with Crippen molar-refractivity contribution in [1.82, 2.24) is 14.9 Å². The summed E-state index contributed by atoms with van der Waals surface area (Å²) < 4.78 is 0. The number of aromatic nitrogens is 1. The first-order valence-corrected chi connectivity index (χ1v) is 11.5. The summed E-state index contributed by atoms with van der Waals surface area (Å²) in [5.41, 5.74) is 6.12. The number of aryl methyl sites for hydroxylation is 1. The minimum absolute atomic E-state index is 0.0728. The van der Waals surface area contributed by atoms with Gasteiger partial charge < -0.3 is 9.88 Å². The maximum Gasteiger partial charge on any atom is 0.266 e. The largest absolute Gasteiger partial charge is 0.356 e. The van der Waals surface area contributed by atoms with Gasteiger partial charge in [0.05, 0.1) is 12.3 Å². The Morgan fingerprint density at radius 1 is 0.941 bits per heavy atom. The molecule has 2 unspecified atom stereocenters. The molecule has 168 valence electrons. The Morgan fingerprint density at radius 3 is 2.47 bits per heavy atom. The number of amides is 2. The molecule has 0 saturated carbocycles. The van der Waals surface area contributed by atoms with Crippen molar-refractivity contribution in [2.24, 2.45) is 5.10 Å². The molecular formula is C28H24N4O2. The van der Waals surface area contributed by atoms with E-state index in [1.165, 1.54) is 5.01 Å². The molecule has 4 aromatic rings. The molecule has 3 aromatic carbocycles. The van der Waals surface area contributed by atoms with Gasteiger partial charge in [0.1, 0.15) is 12.6 Å². The Bertz CT molecular complexity index is 1420. The number of rotatable bonds is 3. The van der Waals surface area contributed by atoms with Crippen LogP contribution in [0.3, 0.4) is 0 Å². The van der Waals surface area contributed by atoms with Crippen molar-refractivity contribution in [2.75, 3.05) is 6.54 Å². The molecule has 2 atom stereocenters. The molecule has 2 amide bonds. The highest BCUT2D eigenvalue weighted by atomic mass is 16.2. The molecule has 1 aromatic heterocycles. The summed E-state index contributed by atoms with van der Waals surface area (Å²) in [5, 5.41) is 6.83. The Balaban J connectivity index is 1.42. The monoisotopic (exact) mass is 448 g/mol. The molecule has 6 nitrogen and oxygen atoms in total. The van der Waals surface area contributed by atoms with E-state index in [0.717, 1.165) is 38.9 Å². The Morgan fingerprint density at radius 2 is 1.68 bits per heavy atom. The van der Waals surface area contributed by atoms with E-state index in [1.807, 2.05) is 79.7 Å². The predicted molar refractivity (Wildman–Crippen MR) is 131 cm³/mol. The van der Waals surface area contributed by atoms with Crippen molar-refractivity contribution in [3.8, 4) is 0 Å². The number of hydrogen-bond acceptors (Lipinski definition) is 3. The summed E-state index contributed by atoms with van der Waals surface area (Å²) in [7, 11) is 0. The van der Waals surface area contributed by atoms with Gasteiger partial charge in [-0.15, -0.1) is 0 Å². The van der Waals surface area contributed by atoms with Crippen LogP contribution in [0.25, 0.3) is 10.9 Å². The fraction of sp³-hybridized carbons (Fsp3) is 0.179. The molecule has 3 heterocycles. The minimum atomic E-state index is -0.603. The number of hydrazone groups is 1. The molecule has 2 aliphatic heterocycles. The second-order valence-electron chi connectivity index (χ2n) is 8.95. The summed E-state index contributed by atoms with van der Waals surface area (Å²) in [5.74, 6) is -0.261. The smallest absolute Gasteiger partial charge is 0.266 e. The van der Waals surface area contributed by atoms with E-state index in [2.05, 4.69) is 16.2 Å². The zero-order valence-corrected chi connectivity index (χ0v) is 18.8. The number of aromatic amines is 1. The van der Waals surface area contributed by atoms with Crippen LogP contribution >= 0.6 is 0 Å². The van der Waals surface area contributed by atoms with Crippen LogP contribution in [0.4, 0.5) is 0 Å². The number of nitrogens with one attached hydrogen (secondary N) is 1. The number of carbonyl (C=O) groups excluding carboxylic acids is 2. The van der Waals surface area contributed by atoms with E-state index in [-0.39, 0.29) is 24.4 Å². The first-order valence-electron chi connectivity index (χ1n) is 11.5. The lowest BCUT2D eigenvalue weighted by molar-refractivity contribution is -0.158. The van der Waals surface area contributed by atoms with Gasteiger partial charge in [0.2, 0.25) is 5.91 Å². The quantitative estimate of drug-likeness (QED) is 0.478. The number of piperazine rings is 1. The Kier molecular flexibility index (Phi) is 4.80. The van der Waals surface area contributed by atoms with Gasteiger partial charge in [-0.25, -0.2) is 5.01 Å². The van der Waals surface area contributed by atoms with Crippen LogP contribution in [-0.4, -0.2) is 45.5 Å². The number of H-pyrrole nitrogens is 1. The molecule has 0 aliphatic carbocycles. The van der Waals surface area contributed by atoms with E-state index in [0.29, 0.717) is 6.42 Å². The number of benzene rings is 3. The minimum Gasteiger partial charge on any atom is -0.356 e. The second kappa shape index (κ2) is 7.99. The van der Waals surface area contributed by atoms with Crippen molar-refractivity contribution in [3.05, 3.63) is 107 Å². The molecule has 6 heteroatoms.